The number of hydrogen-bond acceptors (Lipinski definition) is 2. The summed E-state index contributed by atoms with van der Waals surface area (Å²) < 4.78 is 0. The molecular formula is C15H24N2O. The first kappa shape index (κ1) is 14.6. The highest BCUT2D eigenvalue weighted by Gasteiger charge is 2.12. The lowest BCUT2D eigenvalue weighted by Gasteiger charge is -2.22. The number of hydrogen-bond donors (Lipinski definition) is 2. The van der Waals surface area contributed by atoms with E-state index in [4.69, 9.17) is 0 Å². The van der Waals surface area contributed by atoms with Crippen molar-refractivity contribution in [2.75, 3.05) is 12.4 Å². The molecule has 100 valence electrons. The van der Waals surface area contributed by atoms with Gasteiger partial charge in [-0.05, 0) is 43.5 Å². The van der Waals surface area contributed by atoms with Crippen LogP contribution in [0.5, 0.6) is 0 Å². The van der Waals surface area contributed by atoms with Crippen molar-refractivity contribution in [2.45, 2.75) is 40.2 Å². The molecule has 0 heterocycles. The Kier molecular flexibility index (Phi) is 5.20. The zero-order valence-electron chi connectivity index (χ0n) is 12.0. The fourth-order valence-corrected chi connectivity index (χ4v) is 1.85. The molecule has 0 saturated heterocycles. The topological polar surface area (TPSA) is 41.1 Å². The smallest absolute Gasteiger partial charge is 0.251 e. The molecule has 0 spiro atoms. The molecule has 2 unspecified atom stereocenters. The Hall–Kier alpha value is -1.51. The van der Waals surface area contributed by atoms with Crippen LogP contribution in [0.15, 0.2) is 18.2 Å². The van der Waals surface area contributed by atoms with Crippen LogP contribution in [0.3, 0.4) is 0 Å². The molecule has 0 aliphatic heterocycles. The molecule has 0 saturated carbocycles. The van der Waals surface area contributed by atoms with E-state index >= 15 is 0 Å². The van der Waals surface area contributed by atoms with Gasteiger partial charge in [-0.25, -0.2) is 0 Å². The summed E-state index contributed by atoms with van der Waals surface area (Å²) in [5.41, 5.74) is 2.92. The van der Waals surface area contributed by atoms with E-state index in [9.17, 15) is 4.79 Å². The lowest BCUT2D eigenvalue weighted by Crippen LogP contribution is -2.24. The first-order valence-electron chi connectivity index (χ1n) is 6.58. The number of nitrogens with one attached hydrogen (secondary N) is 2. The van der Waals surface area contributed by atoms with E-state index in [-0.39, 0.29) is 5.91 Å². The quantitative estimate of drug-likeness (QED) is 0.840. The van der Waals surface area contributed by atoms with Gasteiger partial charge in [0.2, 0.25) is 0 Å². The van der Waals surface area contributed by atoms with Gasteiger partial charge in [0.1, 0.15) is 0 Å². The highest BCUT2D eigenvalue weighted by Crippen LogP contribution is 2.20. The van der Waals surface area contributed by atoms with E-state index in [0.717, 1.165) is 17.7 Å². The van der Waals surface area contributed by atoms with Gasteiger partial charge in [-0.3, -0.25) is 4.79 Å². The van der Waals surface area contributed by atoms with Gasteiger partial charge in [0.15, 0.2) is 0 Å². The van der Waals surface area contributed by atoms with E-state index in [1.807, 2.05) is 25.1 Å². The monoisotopic (exact) mass is 248 g/mol. The predicted octanol–water partition coefficient (Wildman–Crippen LogP) is 3.20. The molecule has 3 heteroatoms. The van der Waals surface area contributed by atoms with Gasteiger partial charge in [-0.2, -0.15) is 0 Å². The minimum Gasteiger partial charge on any atom is -0.382 e. The first-order valence-corrected chi connectivity index (χ1v) is 6.58. The van der Waals surface area contributed by atoms with Gasteiger partial charge in [0.25, 0.3) is 5.91 Å². The molecule has 1 aromatic carbocycles. The number of aryl methyl sites for hydroxylation is 1. The second kappa shape index (κ2) is 6.43. The van der Waals surface area contributed by atoms with E-state index in [1.54, 1.807) is 7.05 Å². The highest BCUT2D eigenvalue weighted by molar-refractivity contribution is 5.94. The van der Waals surface area contributed by atoms with Crippen molar-refractivity contribution < 1.29 is 4.79 Å². The summed E-state index contributed by atoms with van der Waals surface area (Å²) in [6.07, 6.45) is 1.16. The average Bonchev–Trinajstić information content (AvgIpc) is 2.38. The molecule has 2 atom stereocenters. The number of anilines is 1. The number of carbonyl (C=O) groups is 1. The lowest BCUT2D eigenvalue weighted by molar-refractivity contribution is 0.0963. The SMILES string of the molecule is CCC(C)C(C)Nc1ccc(C(=O)NC)cc1C. The summed E-state index contributed by atoms with van der Waals surface area (Å²) in [6.45, 7) is 8.66. The van der Waals surface area contributed by atoms with Crippen LogP contribution in [-0.2, 0) is 0 Å². The summed E-state index contributed by atoms with van der Waals surface area (Å²) in [4.78, 5) is 11.5. The van der Waals surface area contributed by atoms with Crippen molar-refractivity contribution in [1.82, 2.24) is 5.32 Å². The number of amides is 1. The predicted molar refractivity (Wildman–Crippen MR) is 77.1 cm³/mol. The third-order valence-electron chi connectivity index (χ3n) is 3.60. The molecule has 0 fully saturated rings. The van der Waals surface area contributed by atoms with E-state index < -0.39 is 0 Å². The van der Waals surface area contributed by atoms with Gasteiger partial charge in [0.05, 0.1) is 0 Å². The molecule has 1 amide bonds. The summed E-state index contributed by atoms with van der Waals surface area (Å²) in [7, 11) is 1.65. The fraction of sp³-hybridized carbons (Fsp3) is 0.533. The van der Waals surface area contributed by atoms with Crippen molar-refractivity contribution in [3.63, 3.8) is 0 Å². The van der Waals surface area contributed by atoms with E-state index in [2.05, 4.69) is 31.4 Å². The van der Waals surface area contributed by atoms with Crippen LogP contribution in [0.4, 0.5) is 5.69 Å². The van der Waals surface area contributed by atoms with Gasteiger partial charge in [-0.1, -0.05) is 20.3 Å². The molecule has 0 bridgehead atoms. The van der Waals surface area contributed by atoms with Gasteiger partial charge < -0.3 is 10.6 Å². The van der Waals surface area contributed by atoms with E-state index in [1.165, 1.54) is 0 Å². The highest BCUT2D eigenvalue weighted by atomic mass is 16.1. The summed E-state index contributed by atoms with van der Waals surface area (Å²) in [6, 6.07) is 6.19. The molecular weight excluding hydrogens is 224 g/mol. The average molecular weight is 248 g/mol. The minimum absolute atomic E-state index is 0.0420. The molecule has 18 heavy (non-hydrogen) atoms. The molecule has 1 aromatic rings. The van der Waals surface area contributed by atoms with Crippen LogP contribution in [0, 0.1) is 12.8 Å². The summed E-state index contributed by atoms with van der Waals surface area (Å²) >= 11 is 0. The van der Waals surface area contributed by atoms with Crippen molar-refractivity contribution >= 4 is 11.6 Å². The lowest BCUT2D eigenvalue weighted by atomic mass is 10.00. The molecule has 0 radical (unpaired) electrons. The Morgan fingerprint density at radius 1 is 1.33 bits per heavy atom. The van der Waals surface area contributed by atoms with Crippen LogP contribution in [0.2, 0.25) is 0 Å². The first-order chi connectivity index (χ1) is 8.49. The molecule has 3 nitrogen and oxygen atoms in total. The van der Waals surface area contributed by atoms with Crippen molar-refractivity contribution in [3.8, 4) is 0 Å². The summed E-state index contributed by atoms with van der Waals surface area (Å²) in [5.74, 6) is 0.586. The maximum atomic E-state index is 11.5. The molecule has 0 aromatic heterocycles. The van der Waals surface area contributed by atoms with Crippen molar-refractivity contribution in [2.24, 2.45) is 5.92 Å². The number of rotatable bonds is 5. The van der Waals surface area contributed by atoms with Gasteiger partial charge in [0, 0.05) is 24.3 Å². The number of carbonyl (C=O) groups excluding carboxylic acids is 1. The maximum Gasteiger partial charge on any atom is 0.251 e. The largest absolute Gasteiger partial charge is 0.382 e. The maximum absolute atomic E-state index is 11.5. The number of benzene rings is 1. The molecule has 0 aliphatic rings. The van der Waals surface area contributed by atoms with Crippen LogP contribution in [0.25, 0.3) is 0 Å². The third-order valence-corrected chi connectivity index (χ3v) is 3.60. The Morgan fingerprint density at radius 3 is 2.50 bits per heavy atom. The van der Waals surface area contributed by atoms with Gasteiger partial charge in [-0.15, -0.1) is 0 Å². The van der Waals surface area contributed by atoms with Crippen LogP contribution >= 0.6 is 0 Å². The summed E-state index contributed by atoms with van der Waals surface area (Å²) in [5, 5.41) is 6.15. The Labute approximate surface area is 110 Å². The minimum atomic E-state index is -0.0420. The second-order valence-corrected chi connectivity index (χ2v) is 4.93. The Balaban J connectivity index is 2.83. The third kappa shape index (κ3) is 3.49. The zero-order chi connectivity index (χ0) is 13.7. The second-order valence-electron chi connectivity index (χ2n) is 4.93. The van der Waals surface area contributed by atoms with Crippen molar-refractivity contribution in [3.05, 3.63) is 29.3 Å². The fourth-order valence-electron chi connectivity index (χ4n) is 1.85. The Bertz CT molecular complexity index is 415. The molecule has 1 rings (SSSR count). The molecule has 0 aliphatic carbocycles. The standard InChI is InChI=1S/C15H24N2O/c1-6-10(2)12(4)17-14-8-7-13(9-11(14)3)15(18)16-5/h7-10,12,17H,6H2,1-5H3,(H,16,18). The van der Waals surface area contributed by atoms with Crippen LogP contribution in [-0.4, -0.2) is 19.0 Å². The van der Waals surface area contributed by atoms with Crippen molar-refractivity contribution in [1.29, 1.82) is 0 Å². The van der Waals surface area contributed by atoms with Crippen LogP contribution in [0.1, 0.15) is 43.1 Å². The van der Waals surface area contributed by atoms with Crippen LogP contribution < -0.4 is 10.6 Å². The molecule has 2 N–H and O–H groups in total. The zero-order valence-corrected chi connectivity index (χ0v) is 12.0. The Morgan fingerprint density at radius 2 is 2.00 bits per heavy atom. The van der Waals surface area contributed by atoms with Gasteiger partial charge >= 0.3 is 0 Å². The normalized spacial score (nSPS) is 13.8. The van der Waals surface area contributed by atoms with E-state index in [0.29, 0.717) is 17.5 Å².